The molecule has 2 rings (SSSR count). The fourth-order valence-corrected chi connectivity index (χ4v) is 2.41. The Morgan fingerprint density at radius 2 is 2.00 bits per heavy atom. The molecule has 0 aromatic carbocycles. The molecule has 1 aliphatic carbocycles. The van der Waals surface area contributed by atoms with E-state index in [1.54, 1.807) is 0 Å². The zero-order valence-corrected chi connectivity index (χ0v) is 6.81. The Morgan fingerprint density at radius 3 is 2.82 bits per heavy atom. The summed E-state index contributed by atoms with van der Waals surface area (Å²) in [5, 5.41) is 2.94. The molecular weight excluding hydrogens is 138 g/mol. The van der Waals surface area contributed by atoms with E-state index in [1.807, 2.05) is 0 Å². The minimum Gasteiger partial charge on any atom is -0.356 e. The summed E-state index contributed by atoms with van der Waals surface area (Å²) < 4.78 is 0. The smallest absolute Gasteiger partial charge is 0.223 e. The molecule has 0 aromatic rings. The van der Waals surface area contributed by atoms with Crippen LogP contribution in [0.4, 0.5) is 0 Å². The number of rotatable bonds is 0. The average molecular weight is 153 g/mol. The van der Waals surface area contributed by atoms with Gasteiger partial charge in [0.05, 0.1) is 0 Å². The standard InChI is InChI=1S/C9H15NO/c11-9-8-4-2-1-3-7(8)5-6-10-9/h7-8H,1-6H2,(H,10,11)/t7-,8+/m0/s1. The van der Waals surface area contributed by atoms with Crippen LogP contribution in [0.2, 0.25) is 0 Å². The van der Waals surface area contributed by atoms with E-state index >= 15 is 0 Å². The third kappa shape index (κ3) is 1.26. The van der Waals surface area contributed by atoms with Gasteiger partial charge in [-0.3, -0.25) is 4.79 Å². The highest BCUT2D eigenvalue weighted by molar-refractivity contribution is 5.79. The summed E-state index contributed by atoms with van der Waals surface area (Å²) in [6.45, 7) is 0.917. The zero-order valence-electron chi connectivity index (χ0n) is 6.81. The van der Waals surface area contributed by atoms with Crippen LogP contribution in [0.5, 0.6) is 0 Å². The van der Waals surface area contributed by atoms with E-state index in [9.17, 15) is 4.79 Å². The van der Waals surface area contributed by atoms with Gasteiger partial charge in [-0.05, 0) is 25.2 Å². The van der Waals surface area contributed by atoms with Crippen molar-refractivity contribution in [3.05, 3.63) is 0 Å². The maximum Gasteiger partial charge on any atom is 0.223 e. The first-order chi connectivity index (χ1) is 5.38. The average Bonchev–Trinajstić information content (AvgIpc) is 2.06. The highest BCUT2D eigenvalue weighted by Crippen LogP contribution is 2.33. The SMILES string of the molecule is O=C1NCC[C@@H]2CCCC[C@@H]12. The van der Waals surface area contributed by atoms with Crippen LogP contribution < -0.4 is 5.32 Å². The molecule has 0 bridgehead atoms. The Hall–Kier alpha value is -0.530. The second-order valence-corrected chi connectivity index (χ2v) is 3.73. The molecular formula is C9H15NO. The Labute approximate surface area is 67.4 Å². The molecule has 11 heavy (non-hydrogen) atoms. The number of amides is 1. The van der Waals surface area contributed by atoms with Crippen LogP contribution in [0, 0.1) is 11.8 Å². The molecule has 1 heterocycles. The molecule has 1 saturated heterocycles. The second-order valence-electron chi connectivity index (χ2n) is 3.73. The second kappa shape index (κ2) is 2.84. The lowest BCUT2D eigenvalue weighted by Gasteiger charge is -2.34. The van der Waals surface area contributed by atoms with Crippen molar-refractivity contribution in [1.29, 1.82) is 0 Å². The third-order valence-corrected chi connectivity index (χ3v) is 3.06. The number of nitrogens with one attached hydrogen (secondary N) is 1. The molecule has 1 N–H and O–H groups in total. The number of hydrogen-bond donors (Lipinski definition) is 1. The Morgan fingerprint density at radius 1 is 1.18 bits per heavy atom. The van der Waals surface area contributed by atoms with Crippen LogP contribution in [0.25, 0.3) is 0 Å². The Kier molecular flexibility index (Phi) is 1.84. The van der Waals surface area contributed by atoms with E-state index in [0.29, 0.717) is 11.8 Å². The molecule has 2 nitrogen and oxygen atoms in total. The summed E-state index contributed by atoms with van der Waals surface area (Å²) in [6, 6.07) is 0. The van der Waals surface area contributed by atoms with Gasteiger partial charge in [-0.25, -0.2) is 0 Å². The number of piperidine rings is 1. The largest absolute Gasteiger partial charge is 0.356 e. The van der Waals surface area contributed by atoms with Crippen LogP contribution >= 0.6 is 0 Å². The van der Waals surface area contributed by atoms with Crippen molar-refractivity contribution in [3.8, 4) is 0 Å². The van der Waals surface area contributed by atoms with Gasteiger partial charge in [0.15, 0.2) is 0 Å². The molecule has 2 atom stereocenters. The highest BCUT2D eigenvalue weighted by atomic mass is 16.1. The Balaban J connectivity index is 2.05. The van der Waals surface area contributed by atoms with Crippen LogP contribution in [0.15, 0.2) is 0 Å². The van der Waals surface area contributed by atoms with Gasteiger partial charge in [-0.1, -0.05) is 12.8 Å². The minimum absolute atomic E-state index is 0.320. The maximum atomic E-state index is 11.3. The van der Waals surface area contributed by atoms with Gasteiger partial charge in [0.1, 0.15) is 0 Å². The highest BCUT2D eigenvalue weighted by Gasteiger charge is 2.33. The summed E-state index contributed by atoms with van der Waals surface area (Å²) in [6.07, 6.45) is 6.24. The van der Waals surface area contributed by atoms with Crippen molar-refractivity contribution in [2.75, 3.05) is 6.54 Å². The van der Waals surface area contributed by atoms with Crippen molar-refractivity contribution in [2.45, 2.75) is 32.1 Å². The molecule has 0 spiro atoms. The van der Waals surface area contributed by atoms with E-state index in [4.69, 9.17) is 0 Å². The minimum atomic E-state index is 0.320. The Bertz CT molecular complexity index is 165. The van der Waals surface area contributed by atoms with E-state index in [2.05, 4.69) is 5.32 Å². The summed E-state index contributed by atoms with van der Waals surface area (Å²) in [7, 11) is 0. The van der Waals surface area contributed by atoms with Crippen LogP contribution in [0.3, 0.4) is 0 Å². The lowest BCUT2D eigenvalue weighted by Crippen LogP contribution is -2.43. The lowest BCUT2D eigenvalue weighted by molar-refractivity contribution is -0.130. The molecule has 2 fully saturated rings. The lowest BCUT2D eigenvalue weighted by atomic mass is 9.75. The summed E-state index contributed by atoms with van der Waals surface area (Å²) in [4.78, 5) is 11.3. The predicted molar refractivity (Wildman–Crippen MR) is 43.1 cm³/mol. The van der Waals surface area contributed by atoms with Gasteiger partial charge in [0.25, 0.3) is 0 Å². The van der Waals surface area contributed by atoms with Gasteiger partial charge in [0.2, 0.25) is 5.91 Å². The maximum absolute atomic E-state index is 11.3. The first-order valence-electron chi connectivity index (χ1n) is 4.65. The summed E-state index contributed by atoms with van der Waals surface area (Å²) in [5.74, 6) is 1.41. The summed E-state index contributed by atoms with van der Waals surface area (Å²) in [5.41, 5.74) is 0. The molecule has 2 heteroatoms. The fraction of sp³-hybridized carbons (Fsp3) is 0.889. The molecule has 0 radical (unpaired) electrons. The molecule has 1 aliphatic heterocycles. The van der Waals surface area contributed by atoms with Crippen molar-refractivity contribution in [3.63, 3.8) is 0 Å². The van der Waals surface area contributed by atoms with E-state index < -0.39 is 0 Å². The monoisotopic (exact) mass is 153 g/mol. The van der Waals surface area contributed by atoms with Crippen molar-refractivity contribution in [2.24, 2.45) is 11.8 Å². The number of carbonyl (C=O) groups excluding carboxylic acids is 1. The van der Waals surface area contributed by atoms with E-state index in [1.165, 1.54) is 25.7 Å². The van der Waals surface area contributed by atoms with Crippen molar-refractivity contribution in [1.82, 2.24) is 5.32 Å². The molecule has 0 aromatic heterocycles. The van der Waals surface area contributed by atoms with Gasteiger partial charge in [-0.15, -0.1) is 0 Å². The van der Waals surface area contributed by atoms with E-state index in [-0.39, 0.29) is 0 Å². The quantitative estimate of drug-likeness (QED) is 0.558. The number of carbonyl (C=O) groups is 1. The molecule has 62 valence electrons. The van der Waals surface area contributed by atoms with Crippen molar-refractivity contribution >= 4 is 5.91 Å². The predicted octanol–water partition coefficient (Wildman–Crippen LogP) is 1.31. The van der Waals surface area contributed by atoms with Gasteiger partial charge >= 0.3 is 0 Å². The topological polar surface area (TPSA) is 29.1 Å². The molecule has 0 unspecified atom stereocenters. The first-order valence-corrected chi connectivity index (χ1v) is 4.65. The van der Waals surface area contributed by atoms with E-state index in [0.717, 1.165) is 18.9 Å². The zero-order chi connectivity index (χ0) is 7.68. The third-order valence-electron chi connectivity index (χ3n) is 3.06. The normalized spacial score (nSPS) is 37.6. The van der Waals surface area contributed by atoms with Crippen LogP contribution in [0.1, 0.15) is 32.1 Å². The van der Waals surface area contributed by atoms with Crippen molar-refractivity contribution < 1.29 is 4.79 Å². The molecule has 2 aliphatic rings. The first kappa shape index (κ1) is 7.14. The molecule has 1 saturated carbocycles. The fourth-order valence-electron chi connectivity index (χ4n) is 2.41. The summed E-state index contributed by atoms with van der Waals surface area (Å²) >= 11 is 0. The van der Waals surface area contributed by atoms with Crippen LogP contribution in [-0.2, 0) is 4.79 Å². The van der Waals surface area contributed by atoms with Crippen LogP contribution in [-0.4, -0.2) is 12.5 Å². The van der Waals surface area contributed by atoms with Gasteiger partial charge in [0, 0.05) is 12.5 Å². The van der Waals surface area contributed by atoms with Gasteiger partial charge < -0.3 is 5.32 Å². The molecule has 1 amide bonds. The van der Waals surface area contributed by atoms with Gasteiger partial charge in [-0.2, -0.15) is 0 Å². The number of hydrogen-bond acceptors (Lipinski definition) is 1. The number of fused-ring (bicyclic) bond motifs is 1.